The number of benzene rings is 16. The van der Waals surface area contributed by atoms with Crippen LogP contribution in [0.2, 0.25) is 0 Å². The molecule has 9 heteroatoms. The molecule has 9 heterocycles. The highest BCUT2D eigenvalue weighted by atomic mass is 32.1. The molecule has 0 bridgehead atoms. The van der Waals surface area contributed by atoms with Crippen LogP contribution in [0.3, 0.4) is 0 Å². The summed E-state index contributed by atoms with van der Waals surface area (Å²) in [5, 5.41) is 18.7. The summed E-state index contributed by atoms with van der Waals surface area (Å²) in [5.41, 5.74) is 26.6. The molecule has 0 aliphatic carbocycles. The van der Waals surface area contributed by atoms with E-state index >= 15 is 0 Å². The van der Waals surface area contributed by atoms with E-state index in [9.17, 15) is 0 Å². The highest BCUT2D eigenvalue weighted by molar-refractivity contribution is 7.27. The molecule has 0 amide bonds. The molecule has 510 valence electrons. The van der Waals surface area contributed by atoms with Gasteiger partial charge in [0.15, 0.2) is 0 Å². The molecule has 7 nitrogen and oxygen atoms in total. The smallest absolute Gasteiger partial charge is 0.144 e. The van der Waals surface area contributed by atoms with Crippen molar-refractivity contribution in [1.82, 2.24) is 23.3 Å². The Hall–Kier alpha value is -14.1. The molecule has 0 aliphatic heterocycles. The van der Waals surface area contributed by atoms with Crippen LogP contribution >= 0.6 is 22.7 Å². The Morgan fingerprint density at radius 3 is 1.15 bits per heavy atom. The van der Waals surface area contributed by atoms with Crippen LogP contribution in [-0.4, -0.2) is 23.3 Å². The highest BCUT2D eigenvalue weighted by Crippen LogP contribution is 2.51. The third kappa shape index (κ3) is 8.55. The van der Waals surface area contributed by atoms with Gasteiger partial charge in [0.2, 0.25) is 0 Å². The summed E-state index contributed by atoms with van der Waals surface area (Å²) in [6.45, 7) is 0. The fraction of sp³-hybridized carbons (Fsp3) is 0. The van der Waals surface area contributed by atoms with Crippen LogP contribution in [0.1, 0.15) is 0 Å². The number of fused-ring (bicyclic) bond motifs is 26. The Morgan fingerprint density at radius 1 is 0.218 bits per heavy atom. The predicted octanol–water partition coefficient (Wildman–Crippen LogP) is 28.7. The van der Waals surface area contributed by atoms with E-state index in [1.807, 2.05) is 35.1 Å². The normalized spacial score (nSPS) is 12.4. The molecule has 25 aromatic rings. The molecule has 9 aromatic heterocycles. The molecule has 0 fully saturated rings. The maximum atomic E-state index is 7.18. The summed E-state index contributed by atoms with van der Waals surface area (Å²) in [6, 6.07) is 123. The van der Waals surface area contributed by atoms with Gasteiger partial charge in [-0.25, -0.2) is 0 Å². The van der Waals surface area contributed by atoms with E-state index in [1.165, 1.54) is 117 Å². The zero-order valence-electron chi connectivity index (χ0n) is 58.8. The van der Waals surface area contributed by atoms with E-state index in [1.54, 1.807) is 0 Å². The van der Waals surface area contributed by atoms with E-state index in [0.29, 0.717) is 0 Å². The van der Waals surface area contributed by atoms with Crippen LogP contribution in [0, 0.1) is 0 Å². The summed E-state index contributed by atoms with van der Waals surface area (Å²) in [6.07, 6.45) is 3.78. The number of hydrogen-bond acceptors (Lipinski definition) is 5. The lowest BCUT2D eigenvalue weighted by Crippen LogP contribution is -1.95. The first-order chi connectivity index (χ1) is 54.5. The van der Waals surface area contributed by atoms with Gasteiger partial charge in [0.25, 0.3) is 0 Å². The van der Waals surface area contributed by atoms with Gasteiger partial charge in [-0.1, -0.05) is 194 Å². The maximum absolute atomic E-state index is 7.18. The molecule has 0 saturated heterocycles. The summed E-state index contributed by atoms with van der Waals surface area (Å²) < 4.78 is 28.6. The average molecular weight is 1440 g/mol. The van der Waals surface area contributed by atoms with Crippen molar-refractivity contribution < 1.29 is 8.83 Å². The molecular formula is C101H57N5O2S2. The zero-order chi connectivity index (χ0) is 71.6. The zero-order valence-corrected chi connectivity index (χ0v) is 60.4. The first-order valence-electron chi connectivity index (χ1n) is 37.4. The predicted molar refractivity (Wildman–Crippen MR) is 464 cm³/mol. The van der Waals surface area contributed by atoms with Crippen LogP contribution < -0.4 is 0 Å². The monoisotopic (exact) mass is 1440 g/mol. The van der Waals surface area contributed by atoms with Crippen LogP contribution in [0.25, 0.3) is 239 Å². The van der Waals surface area contributed by atoms with Gasteiger partial charge in [-0.15, -0.1) is 22.7 Å². The Kier molecular flexibility index (Phi) is 12.4. The van der Waals surface area contributed by atoms with Gasteiger partial charge in [0.1, 0.15) is 22.3 Å². The molecule has 0 N–H and O–H groups in total. The molecular weight excluding hydrogens is 1380 g/mol. The second-order valence-electron chi connectivity index (χ2n) is 29.2. The molecule has 0 aliphatic rings. The molecule has 0 saturated carbocycles. The fourth-order valence-electron chi connectivity index (χ4n) is 18.5. The van der Waals surface area contributed by atoms with Gasteiger partial charge >= 0.3 is 0 Å². The number of rotatable bonds is 8. The number of hydrogen-bond donors (Lipinski definition) is 0. The largest absolute Gasteiger partial charge is 0.455 e. The first-order valence-corrected chi connectivity index (χ1v) is 39.0. The first kappa shape index (κ1) is 60.1. The number of para-hydroxylation sites is 4. The van der Waals surface area contributed by atoms with Gasteiger partial charge in [0.05, 0.1) is 64.9 Å². The third-order valence-corrected chi connectivity index (χ3v) is 25.8. The molecule has 110 heavy (non-hydrogen) atoms. The Bertz CT molecular complexity index is 8300. The number of furan rings is 2. The average Bonchev–Trinajstić information content (AvgIpc) is 1.56. The minimum atomic E-state index is 0.852. The summed E-state index contributed by atoms with van der Waals surface area (Å²) >= 11 is 3.68. The maximum Gasteiger partial charge on any atom is 0.144 e. The molecule has 25 rings (SSSR count). The number of aromatic nitrogens is 5. The van der Waals surface area contributed by atoms with Gasteiger partial charge < -0.3 is 27.1 Å². The van der Waals surface area contributed by atoms with Crippen molar-refractivity contribution in [1.29, 1.82) is 0 Å². The van der Waals surface area contributed by atoms with Crippen LogP contribution in [0.15, 0.2) is 355 Å². The lowest BCUT2D eigenvalue weighted by atomic mass is 9.99. The lowest BCUT2D eigenvalue weighted by Gasteiger charge is -2.11. The van der Waals surface area contributed by atoms with Crippen molar-refractivity contribution in [2.75, 3.05) is 0 Å². The SMILES string of the molecule is c1ccc(-c2cccc(-n3c4ccccc4c4cc(-c5ccc6c(c5)c5ccccc5n6-c5cc6c7cc(-c8ccc9c%10cc(-c%11ccc%12c(c%11)c%11ccccc%11n%12-c%11cc%12c%13ccccc%13oc%12c%12c%11sc%11ccccc%11%12)ccc%10n(-c%10ccncc%10)c9c8)ccc7oc6c6c5sc5ccccc56)ccc43)c2)cc1. The topological polar surface area (TPSA) is 58.9 Å². The Labute approximate surface area is 635 Å². The Morgan fingerprint density at radius 2 is 0.600 bits per heavy atom. The van der Waals surface area contributed by atoms with Gasteiger partial charge in [-0.3, -0.25) is 4.98 Å². The third-order valence-electron chi connectivity index (χ3n) is 23.4. The Balaban J connectivity index is 0.620. The molecule has 0 spiro atoms. The van der Waals surface area contributed by atoms with Crippen LogP contribution in [0.5, 0.6) is 0 Å². The number of pyridine rings is 1. The fourth-order valence-corrected chi connectivity index (χ4v) is 20.9. The highest BCUT2D eigenvalue weighted by Gasteiger charge is 2.27. The van der Waals surface area contributed by atoms with Crippen LogP contribution in [-0.2, 0) is 0 Å². The number of thiophene rings is 2. The summed E-state index contributed by atoms with van der Waals surface area (Å²) in [4.78, 5) is 4.50. The quantitative estimate of drug-likeness (QED) is 0.152. The van der Waals surface area contributed by atoms with Crippen molar-refractivity contribution in [3.8, 4) is 67.3 Å². The van der Waals surface area contributed by atoms with Gasteiger partial charge in [-0.05, 0) is 184 Å². The van der Waals surface area contributed by atoms with Crippen molar-refractivity contribution in [3.05, 3.63) is 346 Å². The molecule has 0 atom stereocenters. The van der Waals surface area contributed by atoms with Crippen molar-refractivity contribution in [2.45, 2.75) is 0 Å². The number of nitrogens with zero attached hydrogens (tertiary/aromatic N) is 5. The van der Waals surface area contributed by atoms with E-state index in [-0.39, 0.29) is 0 Å². The second-order valence-corrected chi connectivity index (χ2v) is 31.3. The minimum absolute atomic E-state index is 0.852. The van der Waals surface area contributed by atoms with Crippen molar-refractivity contribution in [3.63, 3.8) is 0 Å². The van der Waals surface area contributed by atoms with Gasteiger partial charge in [0, 0.05) is 119 Å². The lowest BCUT2D eigenvalue weighted by molar-refractivity contribution is 0.672. The minimum Gasteiger partial charge on any atom is -0.455 e. The molecule has 16 aromatic carbocycles. The summed E-state index contributed by atoms with van der Waals surface area (Å²) in [5.74, 6) is 0. The van der Waals surface area contributed by atoms with Gasteiger partial charge in [-0.2, -0.15) is 0 Å². The second kappa shape index (κ2) is 22.7. The van der Waals surface area contributed by atoms with Crippen molar-refractivity contribution >= 4 is 194 Å². The summed E-state index contributed by atoms with van der Waals surface area (Å²) in [7, 11) is 0. The standard InChI is InChI=1S/C101H57N5O2S2/c1-2-17-58(18-3-1)59-19-16-20-67(49-59)104-82-27-10-4-21-68(82)75-50-60(35-41-86(75)104)62-36-43-88-77(51-62)70-23-6-12-29-84(70)106(88)91-57-81-79-54-64(38-44-93(79)108-99(81)97-74-26-9-15-32-95(74)110-101(91)97)65-33-39-71-78-53-61(34-40-85(78)103(89(71)55-65)66-45-47-102-48-46-66)63-37-42-87-76(52-63)69-22-5-11-28-83(69)105(87)90-56-80-72-24-7-13-30-92(72)107-98(80)96-73-25-8-14-31-94(73)109-100(90)96/h1-57H. The van der Waals surface area contributed by atoms with E-state index in [2.05, 4.69) is 357 Å². The van der Waals surface area contributed by atoms with E-state index < -0.39 is 0 Å². The van der Waals surface area contributed by atoms with Crippen molar-refractivity contribution in [2.24, 2.45) is 0 Å². The van der Waals surface area contributed by atoms with Crippen LogP contribution in [0.4, 0.5) is 0 Å². The van der Waals surface area contributed by atoms with E-state index in [0.717, 1.165) is 122 Å². The van der Waals surface area contributed by atoms with E-state index in [4.69, 9.17) is 8.83 Å². The molecule has 0 radical (unpaired) electrons. The molecule has 0 unspecified atom stereocenters.